The molecule has 0 aliphatic rings. The van der Waals surface area contributed by atoms with Gasteiger partial charge in [0, 0.05) is 0 Å². The minimum absolute atomic E-state index is 0.0324. The van der Waals surface area contributed by atoms with Gasteiger partial charge < -0.3 is 9.73 Å². The number of halogens is 2. The van der Waals surface area contributed by atoms with Gasteiger partial charge in [-0.1, -0.05) is 35.9 Å². The number of para-hydroxylation sites is 1. The van der Waals surface area contributed by atoms with Crippen LogP contribution in [-0.4, -0.2) is 16.1 Å². The van der Waals surface area contributed by atoms with Gasteiger partial charge in [-0.2, -0.15) is 0 Å². The van der Waals surface area contributed by atoms with E-state index in [4.69, 9.17) is 16.0 Å². The molecular formula is C15H9ClFN3O2. The number of benzene rings is 2. The summed E-state index contributed by atoms with van der Waals surface area (Å²) in [5.74, 6) is -1.42. The van der Waals surface area contributed by atoms with Crippen LogP contribution in [0.4, 0.5) is 10.1 Å². The van der Waals surface area contributed by atoms with Crippen LogP contribution in [-0.2, 0) is 0 Å². The Hall–Kier alpha value is -2.73. The molecule has 1 aromatic heterocycles. The third kappa shape index (κ3) is 2.82. The van der Waals surface area contributed by atoms with E-state index in [0.29, 0.717) is 10.6 Å². The quantitative estimate of drug-likeness (QED) is 0.798. The normalized spacial score (nSPS) is 10.5. The maximum Gasteiger partial charge on any atom is 0.313 e. The van der Waals surface area contributed by atoms with Gasteiger partial charge in [-0.15, -0.1) is 10.2 Å². The number of aromatic nitrogens is 2. The van der Waals surface area contributed by atoms with Crippen LogP contribution < -0.4 is 5.32 Å². The summed E-state index contributed by atoms with van der Waals surface area (Å²) in [7, 11) is 0. The van der Waals surface area contributed by atoms with Crippen molar-refractivity contribution < 1.29 is 13.6 Å². The molecule has 0 unspecified atom stereocenters. The first-order valence-electron chi connectivity index (χ1n) is 6.29. The molecule has 22 heavy (non-hydrogen) atoms. The van der Waals surface area contributed by atoms with E-state index in [9.17, 15) is 9.18 Å². The molecule has 3 rings (SSSR count). The van der Waals surface area contributed by atoms with E-state index in [1.54, 1.807) is 30.3 Å². The second-order valence-corrected chi connectivity index (χ2v) is 4.73. The number of anilines is 1. The van der Waals surface area contributed by atoms with Gasteiger partial charge in [-0.3, -0.25) is 4.79 Å². The molecule has 5 nitrogen and oxygen atoms in total. The van der Waals surface area contributed by atoms with E-state index in [2.05, 4.69) is 15.5 Å². The fourth-order valence-corrected chi connectivity index (χ4v) is 2.01. The summed E-state index contributed by atoms with van der Waals surface area (Å²) >= 11 is 6.02. The molecule has 0 radical (unpaired) electrons. The molecule has 0 saturated heterocycles. The van der Waals surface area contributed by atoms with Crippen molar-refractivity contribution in [2.24, 2.45) is 0 Å². The summed E-state index contributed by atoms with van der Waals surface area (Å²) < 4.78 is 18.8. The fraction of sp³-hybridized carbons (Fsp3) is 0. The minimum Gasteiger partial charge on any atom is -0.412 e. The van der Waals surface area contributed by atoms with Crippen LogP contribution in [0.2, 0.25) is 5.02 Å². The van der Waals surface area contributed by atoms with Crippen LogP contribution in [0.3, 0.4) is 0 Å². The molecule has 2 aromatic carbocycles. The lowest BCUT2D eigenvalue weighted by Gasteiger charge is -2.02. The average molecular weight is 318 g/mol. The molecule has 0 spiro atoms. The van der Waals surface area contributed by atoms with Gasteiger partial charge in [0.1, 0.15) is 5.82 Å². The monoisotopic (exact) mass is 317 g/mol. The van der Waals surface area contributed by atoms with Crippen LogP contribution in [0.15, 0.2) is 52.9 Å². The highest BCUT2D eigenvalue weighted by molar-refractivity contribution is 6.33. The SMILES string of the molecule is O=C(Nc1ccccc1F)c1nnc(-c2ccccc2Cl)o1. The Balaban J connectivity index is 1.84. The van der Waals surface area contributed by atoms with Crippen molar-refractivity contribution in [3.8, 4) is 11.5 Å². The van der Waals surface area contributed by atoms with Gasteiger partial charge in [0.15, 0.2) is 0 Å². The first-order valence-corrected chi connectivity index (χ1v) is 6.67. The molecule has 0 aliphatic heterocycles. The van der Waals surface area contributed by atoms with Crippen molar-refractivity contribution in [1.29, 1.82) is 0 Å². The zero-order valence-corrected chi connectivity index (χ0v) is 11.8. The first-order chi connectivity index (χ1) is 10.6. The lowest BCUT2D eigenvalue weighted by atomic mass is 10.2. The van der Waals surface area contributed by atoms with Gasteiger partial charge >= 0.3 is 11.8 Å². The van der Waals surface area contributed by atoms with Gasteiger partial charge in [0.25, 0.3) is 0 Å². The Labute approximate surface area is 129 Å². The maximum absolute atomic E-state index is 13.5. The molecule has 110 valence electrons. The van der Waals surface area contributed by atoms with Crippen molar-refractivity contribution >= 4 is 23.2 Å². The largest absolute Gasteiger partial charge is 0.412 e. The number of hydrogen-bond donors (Lipinski definition) is 1. The summed E-state index contributed by atoms with van der Waals surface area (Å²) in [6, 6.07) is 12.7. The second-order valence-electron chi connectivity index (χ2n) is 4.33. The Kier molecular flexibility index (Phi) is 3.84. The lowest BCUT2D eigenvalue weighted by molar-refractivity contribution is 0.0990. The summed E-state index contributed by atoms with van der Waals surface area (Å²) in [4.78, 5) is 12.0. The Morgan fingerprint density at radius 1 is 1.09 bits per heavy atom. The third-order valence-electron chi connectivity index (χ3n) is 2.85. The van der Waals surface area contributed by atoms with Crippen molar-refractivity contribution in [3.63, 3.8) is 0 Å². The van der Waals surface area contributed by atoms with Gasteiger partial charge in [-0.25, -0.2) is 4.39 Å². The van der Waals surface area contributed by atoms with Gasteiger partial charge in [0.2, 0.25) is 5.89 Å². The van der Waals surface area contributed by atoms with E-state index < -0.39 is 11.7 Å². The molecule has 0 aliphatic carbocycles. The Bertz CT molecular complexity index is 835. The van der Waals surface area contributed by atoms with E-state index in [1.165, 1.54) is 18.2 Å². The molecule has 1 heterocycles. The zero-order valence-electron chi connectivity index (χ0n) is 11.1. The molecule has 1 N–H and O–H groups in total. The predicted octanol–water partition coefficient (Wildman–Crippen LogP) is 3.78. The predicted molar refractivity (Wildman–Crippen MR) is 79.1 cm³/mol. The molecular weight excluding hydrogens is 309 g/mol. The van der Waals surface area contributed by atoms with Crippen molar-refractivity contribution in [2.45, 2.75) is 0 Å². The number of rotatable bonds is 3. The molecule has 7 heteroatoms. The van der Waals surface area contributed by atoms with E-state index in [1.807, 2.05) is 0 Å². The molecule has 0 bridgehead atoms. The average Bonchev–Trinajstić information content (AvgIpc) is 3.00. The van der Waals surface area contributed by atoms with Gasteiger partial charge in [-0.05, 0) is 24.3 Å². The standard InChI is InChI=1S/C15H9ClFN3O2/c16-10-6-2-1-5-9(10)14-19-20-15(22-14)13(21)18-12-8-4-3-7-11(12)17/h1-8H,(H,18,21). The minimum atomic E-state index is -0.698. The highest BCUT2D eigenvalue weighted by Crippen LogP contribution is 2.26. The van der Waals surface area contributed by atoms with E-state index in [0.717, 1.165) is 0 Å². The van der Waals surface area contributed by atoms with E-state index in [-0.39, 0.29) is 17.5 Å². The Morgan fingerprint density at radius 2 is 1.82 bits per heavy atom. The second kappa shape index (κ2) is 5.95. The smallest absolute Gasteiger partial charge is 0.313 e. The number of nitrogens with one attached hydrogen (secondary N) is 1. The maximum atomic E-state index is 13.5. The number of carbonyl (C=O) groups is 1. The number of carbonyl (C=O) groups excluding carboxylic acids is 1. The van der Waals surface area contributed by atoms with Crippen LogP contribution in [0.25, 0.3) is 11.5 Å². The summed E-state index contributed by atoms with van der Waals surface area (Å²) in [6.45, 7) is 0. The number of nitrogens with zero attached hydrogens (tertiary/aromatic N) is 2. The molecule has 0 fully saturated rings. The topological polar surface area (TPSA) is 68.0 Å². The Morgan fingerprint density at radius 3 is 2.59 bits per heavy atom. The number of hydrogen-bond acceptors (Lipinski definition) is 4. The summed E-state index contributed by atoms with van der Waals surface area (Å²) in [6.07, 6.45) is 0. The highest BCUT2D eigenvalue weighted by Gasteiger charge is 2.18. The number of amides is 1. The van der Waals surface area contributed by atoms with Crippen LogP contribution in [0, 0.1) is 5.82 Å². The molecule has 1 amide bonds. The third-order valence-corrected chi connectivity index (χ3v) is 3.18. The molecule has 3 aromatic rings. The fourth-order valence-electron chi connectivity index (χ4n) is 1.80. The summed E-state index contributed by atoms with van der Waals surface area (Å²) in [5, 5.41) is 10.2. The first kappa shape index (κ1) is 14.2. The molecule has 0 saturated carbocycles. The highest BCUT2D eigenvalue weighted by atomic mass is 35.5. The zero-order chi connectivity index (χ0) is 15.5. The van der Waals surface area contributed by atoms with Crippen molar-refractivity contribution in [3.05, 3.63) is 65.3 Å². The van der Waals surface area contributed by atoms with Gasteiger partial charge in [0.05, 0.1) is 16.3 Å². The van der Waals surface area contributed by atoms with Crippen LogP contribution >= 0.6 is 11.6 Å². The summed E-state index contributed by atoms with van der Waals surface area (Å²) in [5.41, 5.74) is 0.548. The van der Waals surface area contributed by atoms with Crippen LogP contribution in [0.5, 0.6) is 0 Å². The lowest BCUT2D eigenvalue weighted by Crippen LogP contribution is -2.13. The van der Waals surface area contributed by atoms with E-state index >= 15 is 0 Å². The molecule has 0 atom stereocenters. The van der Waals surface area contributed by atoms with Crippen LogP contribution in [0.1, 0.15) is 10.7 Å². The van der Waals surface area contributed by atoms with Crippen molar-refractivity contribution in [2.75, 3.05) is 5.32 Å². The van der Waals surface area contributed by atoms with Crippen molar-refractivity contribution in [1.82, 2.24) is 10.2 Å².